The fraction of sp³-hybridized carbons (Fsp3) is 0.161. The average Bonchev–Trinajstić information content (AvgIpc) is 2.95. The van der Waals surface area contributed by atoms with Crippen molar-refractivity contribution in [3.05, 3.63) is 108 Å². The van der Waals surface area contributed by atoms with Gasteiger partial charge < -0.3 is 21.1 Å². The second-order valence-electron chi connectivity index (χ2n) is 9.60. The quantitative estimate of drug-likeness (QED) is 0.194. The molecule has 1 atom stereocenters. The zero-order valence-corrected chi connectivity index (χ0v) is 22.1. The number of nitrogen functional groups attached to an aromatic ring is 1. The zero-order chi connectivity index (χ0) is 27.4. The number of carbonyl (C=O) groups excluding carboxylic acids is 1. The van der Waals surface area contributed by atoms with Crippen LogP contribution >= 0.6 is 0 Å². The summed E-state index contributed by atoms with van der Waals surface area (Å²) < 4.78 is 6.18. The first kappa shape index (κ1) is 25.7. The van der Waals surface area contributed by atoms with E-state index >= 15 is 0 Å². The summed E-state index contributed by atoms with van der Waals surface area (Å²) in [5, 5.41) is 7.18. The van der Waals surface area contributed by atoms with E-state index in [2.05, 4.69) is 39.4 Å². The van der Waals surface area contributed by atoms with Crippen molar-refractivity contribution in [3.63, 3.8) is 0 Å². The number of rotatable bonds is 8. The smallest absolute Gasteiger partial charge is 0.251 e. The molecule has 5 rings (SSSR count). The Balaban J connectivity index is 1.49. The van der Waals surface area contributed by atoms with E-state index in [9.17, 15) is 4.79 Å². The van der Waals surface area contributed by atoms with Crippen LogP contribution in [0.4, 0.5) is 17.2 Å². The van der Waals surface area contributed by atoms with Gasteiger partial charge in [-0.2, -0.15) is 0 Å². The number of fused-ring (bicyclic) bond motifs is 1. The Morgan fingerprint density at radius 3 is 2.41 bits per heavy atom. The molecule has 5 aromatic rings. The molecule has 8 nitrogen and oxygen atoms in total. The van der Waals surface area contributed by atoms with Gasteiger partial charge in [0.1, 0.15) is 17.9 Å². The third-order valence-electron chi connectivity index (χ3n) is 6.36. The molecule has 0 aliphatic rings. The molecule has 0 radical (unpaired) electrons. The summed E-state index contributed by atoms with van der Waals surface area (Å²) >= 11 is 0. The van der Waals surface area contributed by atoms with Crippen molar-refractivity contribution in [2.24, 2.45) is 0 Å². The Bertz CT molecular complexity index is 1600. The molecular formula is C31H30N6O2. The number of aromatic nitrogens is 3. The first-order chi connectivity index (χ1) is 18.9. The van der Waals surface area contributed by atoms with Crippen LogP contribution in [0.3, 0.4) is 0 Å². The molecule has 0 unspecified atom stereocenters. The molecule has 1 amide bonds. The number of ether oxygens (including phenoxy) is 1. The van der Waals surface area contributed by atoms with Crippen molar-refractivity contribution in [1.82, 2.24) is 20.3 Å². The number of nitrogens with one attached hydrogen (secondary N) is 2. The lowest BCUT2D eigenvalue weighted by Crippen LogP contribution is -2.26. The molecule has 0 saturated carbocycles. The fourth-order valence-corrected chi connectivity index (χ4v) is 4.13. The molecule has 0 aliphatic carbocycles. The predicted molar refractivity (Wildman–Crippen MR) is 154 cm³/mol. The Kier molecular flexibility index (Phi) is 7.36. The second-order valence-corrected chi connectivity index (χ2v) is 9.60. The SMILES string of the molecule is CC(C)c1ccc2c(Nc3cc(C(=O)N[C@@H](C)c4ccccc4)ccc3Oc3ccc(N)cc3)ncnc2n1. The van der Waals surface area contributed by atoms with Gasteiger partial charge in [0, 0.05) is 16.9 Å². The van der Waals surface area contributed by atoms with Crippen molar-refractivity contribution in [1.29, 1.82) is 0 Å². The van der Waals surface area contributed by atoms with Crippen molar-refractivity contribution >= 4 is 34.1 Å². The lowest BCUT2D eigenvalue weighted by Gasteiger charge is -2.17. The van der Waals surface area contributed by atoms with Crippen LogP contribution in [0, 0.1) is 0 Å². The third-order valence-corrected chi connectivity index (χ3v) is 6.36. The number of anilines is 3. The molecular weight excluding hydrogens is 488 g/mol. The molecule has 0 aliphatic heterocycles. The minimum Gasteiger partial charge on any atom is -0.455 e. The number of hydrogen-bond acceptors (Lipinski definition) is 7. The summed E-state index contributed by atoms with van der Waals surface area (Å²) in [7, 11) is 0. The van der Waals surface area contributed by atoms with Gasteiger partial charge in [0.05, 0.1) is 17.1 Å². The van der Waals surface area contributed by atoms with E-state index in [0.717, 1.165) is 16.6 Å². The molecule has 196 valence electrons. The maximum Gasteiger partial charge on any atom is 0.251 e. The highest BCUT2D eigenvalue weighted by Crippen LogP contribution is 2.34. The highest BCUT2D eigenvalue weighted by atomic mass is 16.5. The van der Waals surface area contributed by atoms with Gasteiger partial charge in [0.15, 0.2) is 11.4 Å². The summed E-state index contributed by atoms with van der Waals surface area (Å²) in [4.78, 5) is 26.7. The van der Waals surface area contributed by atoms with E-state index in [-0.39, 0.29) is 17.9 Å². The van der Waals surface area contributed by atoms with Crippen molar-refractivity contribution in [2.75, 3.05) is 11.1 Å². The van der Waals surface area contributed by atoms with E-state index in [4.69, 9.17) is 10.5 Å². The zero-order valence-electron chi connectivity index (χ0n) is 22.1. The van der Waals surface area contributed by atoms with Crippen LogP contribution in [0.2, 0.25) is 0 Å². The number of nitrogens with zero attached hydrogens (tertiary/aromatic N) is 3. The lowest BCUT2D eigenvalue weighted by molar-refractivity contribution is 0.0940. The number of benzene rings is 3. The molecule has 4 N–H and O–H groups in total. The topological polar surface area (TPSA) is 115 Å². The highest BCUT2D eigenvalue weighted by molar-refractivity contribution is 5.97. The monoisotopic (exact) mass is 518 g/mol. The summed E-state index contributed by atoms with van der Waals surface area (Å²) in [6, 6.07) is 26.0. The van der Waals surface area contributed by atoms with Crippen molar-refractivity contribution < 1.29 is 9.53 Å². The van der Waals surface area contributed by atoms with Crippen LogP contribution in [0.15, 0.2) is 91.3 Å². The molecule has 2 heterocycles. The minimum atomic E-state index is -0.204. The fourth-order valence-electron chi connectivity index (χ4n) is 4.13. The molecule has 8 heteroatoms. The van der Waals surface area contributed by atoms with Gasteiger partial charge in [0.2, 0.25) is 0 Å². The molecule has 0 saturated heterocycles. The maximum absolute atomic E-state index is 13.2. The molecule has 0 fully saturated rings. The highest BCUT2D eigenvalue weighted by Gasteiger charge is 2.16. The van der Waals surface area contributed by atoms with Gasteiger partial charge in [0.25, 0.3) is 5.91 Å². The van der Waals surface area contributed by atoms with Crippen LogP contribution in [0.1, 0.15) is 54.3 Å². The standard InChI is InChI=1S/C31H30N6O2/c1-19(2)26-15-14-25-29(36-26)33-18-34-30(25)37-27-17-22(31(38)35-20(3)21-7-5-4-6-8-21)9-16-28(27)39-24-12-10-23(32)11-13-24/h4-20H,32H2,1-3H3,(H,35,38)(H,33,34,36,37)/t20-/m0/s1. The Morgan fingerprint density at radius 2 is 1.67 bits per heavy atom. The first-order valence-electron chi connectivity index (χ1n) is 12.8. The van der Waals surface area contributed by atoms with Gasteiger partial charge in [-0.05, 0) is 73.0 Å². The van der Waals surface area contributed by atoms with Gasteiger partial charge in [-0.3, -0.25) is 4.79 Å². The number of carbonyl (C=O) groups is 1. The Morgan fingerprint density at radius 1 is 0.897 bits per heavy atom. The Hall–Kier alpha value is -4.98. The lowest BCUT2D eigenvalue weighted by atomic mass is 10.1. The van der Waals surface area contributed by atoms with Crippen LogP contribution in [0.25, 0.3) is 11.0 Å². The molecule has 3 aromatic carbocycles. The van der Waals surface area contributed by atoms with E-state index in [1.165, 1.54) is 6.33 Å². The van der Waals surface area contributed by atoms with Crippen LogP contribution in [0.5, 0.6) is 11.5 Å². The number of hydrogen-bond donors (Lipinski definition) is 3. The summed E-state index contributed by atoms with van der Waals surface area (Å²) in [5.41, 5.74) is 10.1. The van der Waals surface area contributed by atoms with Crippen molar-refractivity contribution in [2.45, 2.75) is 32.7 Å². The van der Waals surface area contributed by atoms with Gasteiger partial charge in [-0.25, -0.2) is 15.0 Å². The number of pyridine rings is 1. The van der Waals surface area contributed by atoms with Gasteiger partial charge in [-0.15, -0.1) is 0 Å². The van der Waals surface area contributed by atoms with Crippen molar-refractivity contribution in [3.8, 4) is 11.5 Å². The van der Waals surface area contributed by atoms with Crippen LogP contribution in [-0.4, -0.2) is 20.9 Å². The van der Waals surface area contributed by atoms with Crippen LogP contribution < -0.4 is 21.1 Å². The van der Waals surface area contributed by atoms with Gasteiger partial charge >= 0.3 is 0 Å². The Labute approximate surface area is 227 Å². The van der Waals surface area contributed by atoms with E-state index in [0.29, 0.717) is 39.9 Å². The normalized spacial score (nSPS) is 11.8. The maximum atomic E-state index is 13.2. The first-order valence-corrected chi connectivity index (χ1v) is 12.8. The largest absolute Gasteiger partial charge is 0.455 e. The van der Waals surface area contributed by atoms with E-state index < -0.39 is 0 Å². The molecule has 39 heavy (non-hydrogen) atoms. The van der Waals surface area contributed by atoms with E-state index in [1.807, 2.05) is 49.4 Å². The summed E-state index contributed by atoms with van der Waals surface area (Å²) in [5.74, 6) is 1.75. The minimum absolute atomic E-state index is 0.159. The average molecular weight is 519 g/mol. The predicted octanol–water partition coefficient (Wildman–Crippen LogP) is 6.76. The third kappa shape index (κ3) is 5.96. The second kappa shape index (κ2) is 11.2. The van der Waals surface area contributed by atoms with Gasteiger partial charge in [-0.1, -0.05) is 44.2 Å². The summed E-state index contributed by atoms with van der Waals surface area (Å²) in [6.45, 7) is 6.13. The molecule has 0 spiro atoms. The number of amides is 1. The number of nitrogens with two attached hydrogens (primary N) is 1. The summed E-state index contributed by atoms with van der Waals surface area (Å²) in [6.07, 6.45) is 1.47. The molecule has 0 bridgehead atoms. The van der Waals surface area contributed by atoms with Crippen LogP contribution in [-0.2, 0) is 0 Å². The van der Waals surface area contributed by atoms with E-state index in [1.54, 1.807) is 42.5 Å². The molecule has 2 aromatic heterocycles.